The second-order valence-corrected chi connectivity index (χ2v) is 9.46. The number of nitrogens with one attached hydrogen (secondary N) is 1. The number of ether oxygens (including phenoxy) is 2. The first kappa shape index (κ1) is 27.5. The van der Waals surface area contributed by atoms with Crippen molar-refractivity contribution < 1.29 is 19.1 Å². The average molecular weight is 446 g/mol. The largest absolute Gasteiger partial charge is 0.444 e. The molecule has 0 aromatic heterocycles. The van der Waals surface area contributed by atoms with E-state index in [1.807, 2.05) is 32.9 Å². The molecule has 178 valence electrons. The summed E-state index contributed by atoms with van der Waals surface area (Å²) in [6.45, 7) is 11.2. The summed E-state index contributed by atoms with van der Waals surface area (Å²) in [4.78, 5) is 27.5. The quantitative estimate of drug-likeness (QED) is 0.424. The van der Waals surface area contributed by atoms with Crippen molar-refractivity contribution in [1.82, 2.24) is 10.2 Å². The van der Waals surface area contributed by atoms with Crippen molar-refractivity contribution in [3.63, 3.8) is 0 Å². The van der Waals surface area contributed by atoms with Crippen molar-refractivity contribution in [3.8, 4) is 18.4 Å². The molecule has 0 aliphatic carbocycles. The van der Waals surface area contributed by atoms with E-state index in [1.165, 1.54) is 4.90 Å². The van der Waals surface area contributed by atoms with E-state index in [0.29, 0.717) is 19.3 Å². The number of carbonyl (C=O) groups is 2. The maximum atomic E-state index is 13.3. The average Bonchev–Trinajstić information content (AvgIpc) is 3.07. The van der Waals surface area contributed by atoms with Gasteiger partial charge in [-0.2, -0.15) is 5.26 Å². The Kier molecular flexibility index (Phi) is 10.3. The third kappa shape index (κ3) is 7.00. The number of rotatable bonds is 9. The Hall–Kier alpha value is -2.51. The third-order valence-electron chi connectivity index (χ3n) is 5.81. The van der Waals surface area contributed by atoms with Gasteiger partial charge in [0.25, 0.3) is 0 Å². The predicted octanol–water partition coefficient (Wildman–Crippen LogP) is 4.18. The highest BCUT2D eigenvalue weighted by Gasteiger charge is 2.53. The molecule has 0 unspecified atom stereocenters. The monoisotopic (exact) mass is 445 g/mol. The maximum Gasteiger partial charge on any atom is 0.411 e. The van der Waals surface area contributed by atoms with Gasteiger partial charge in [0, 0.05) is 25.9 Å². The number of nitriles is 1. The van der Waals surface area contributed by atoms with Gasteiger partial charge in [-0.3, -0.25) is 9.69 Å². The fourth-order valence-corrected chi connectivity index (χ4v) is 4.36. The van der Waals surface area contributed by atoms with Gasteiger partial charge in [-0.25, -0.2) is 4.79 Å². The van der Waals surface area contributed by atoms with Gasteiger partial charge in [0.2, 0.25) is 5.91 Å². The van der Waals surface area contributed by atoms with Gasteiger partial charge in [-0.15, -0.1) is 12.3 Å². The molecule has 1 saturated heterocycles. The van der Waals surface area contributed by atoms with E-state index < -0.39 is 35.4 Å². The lowest BCUT2D eigenvalue weighted by atomic mass is 9.80. The Bertz CT molecular complexity index is 759. The summed E-state index contributed by atoms with van der Waals surface area (Å²) in [5, 5.41) is 13.0. The number of nitrogens with zero attached hydrogens (tertiary/aromatic N) is 2. The van der Waals surface area contributed by atoms with Crippen LogP contribution in [0.4, 0.5) is 4.79 Å². The number of likely N-dealkylation sites (tertiary alicyclic amines) is 1. The highest BCUT2D eigenvalue weighted by molar-refractivity contribution is 5.77. The van der Waals surface area contributed by atoms with Gasteiger partial charge in [0.15, 0.2) is 0 Å². The predicted molar refractivity (Wildman–Crippen MR) is 125 cm³/mol. The van der Waals surface area contributed by atoms with E-state index in [9.17, 15) is 14.9 Å². The van der Waals surface area contributed by atoms with Crippen LogP contribution in [0.5, 0.6) is 0 Å². The highest BCUT2D eigenvalue weighted by atomic mass is 16.6. The summed E-state index contributed by atoms with van der Waals surface area (Å²) in [5.74, 6) is 2.12. The van der Waals surface area contributed by atoms with Crippen LogP contribution in [0.2, 0.25) is 0 Å². The van der Waals surface area contributed by atoms with Crippen LogP contribution in [0.25, 0.3) is 0 Å². The maximum absolute atomic E-state index is 13.3. The molecule has 2 amide bonds. The standard InChI is InChI=1S/C25H39N3O4/c1-9-12-14-20(29)27-22(25(7,31-8)15-11-3)21-18(13-10-2)16-19(17-26)28(21)23(30)32-24(4,5)6/h1,10,13,18-19,21-22H,11-12,14-16H2,2-8H3,(H,27,29)/b13-10-/t18-,19-,21-,22-,25+/m1/s1. The Labute approximate surface area is 193 Å². The molecule has 1 rings (SSSR count). The van der Waals surface area contributed by atoms with Gasteiger partial charge in [-0.1, -0.05) is 25.5 Å². The summed E-state index contributed by atoms with van der Waals surface area (Å²) in [7, 11) is 1.61. The minimum Gasteiger partial charge on any atom is -0.444 e. The van der Waals surface area contributed by atoms with Crippen LogP contribution < -0.4 is 5.32 Å². The molecular weight excluding hydrogens is 406 g/mol. The van der Waals surface area contributed by atoms with Crippen molar-refractivity contribution in [2.75, 3.05) is 7.11 Å². The first-order chi connectivity index (χ1) is 15.0. The molecule has 0 spiro atoms. The van der Waals surface area contributed by atoms with Crippen molar-refractivity contribution in [2.45, 2.75) is 103 Å². The van der Waals surface area contributed by atoms with Crippen LogP contribution in [0.3, 0.4) is 0 Å². The van der Waals surface area contributed by atoms with E-state index in [4.69, 9.17) is 15.9 Å². The molecular formula is C25H39N3O4. The smallest absolute Gasteiger partial charge is 0.411 e. The third-order valence-corrected chi connectivity index (χ3v) is 5.81. The molecule has 1 fully saturated rings. The van der Waals surface area contributed by atoms with Crippen LogP contribution in [0.1, 0.15) is 73.6 Å². The second kappa shape index (κ2) is 11.9. The number of allylic oxidation sites excluding steroid dienone is 1. The van der Waals surface area contributed by atoms with Gasteiger partial charge in [0.1, 0.15) is 11.6 Å². The summed E-state index contributed by atoms with van der Waals surface area (Å²) < 4.78 is 11.6. The van der Waals surface area contributed by atoms with E-state index in [-0.39, 0.29) is 18.2 Å². The van der Waals surface area contributed by atoms with Gasteiger partial charge in [-0.05, 0) is 47.5 Å². The molecule has 7 nitrogen and oxygen atoms in total. The first-order valence-corrected chi connectivity index (χ1v) is 11.3. The molecule has 7 heteroatoms. The van der Waals surface area contributed by atoms with E-state index in [2.05, 4.69) is 17.3 Å². The van der Waals surface area contributed by atoms with Crippen molar-refractivity contribution in [2.24, 2.45) is 5.92 Å². The van der Waals surface area contributed by atoms with Crippen LogP contribution in [-0.4, -0.2) is 53.3 Å². The normalized spacial score (nSPS) is 23.8. The van der Waals surface area contributed by atoms with Gasteiger partial charge >= 0.3 is 6.09 Å². The zero-order chi connectivity index (χ0) is 24.5. The zero-order valence-electron chi connectivity index (χ0n) is 20.6. The van der Waals surface area contributed by atoms with Crippen molar-refractivity contribution in [1.29, 1.82) is 5.26 Å². The summed E-state index contributed by atoms with van der Waals surface area (Å²) in [5.41, 5.74) is -1.49. The Morgan fingerprint density at radius 3 is 2.47 bits per heavy atom. The molecule has 0 aromatic rings. The fraction of sp³-hybridized carbons (Fsp3) is 0.720. The highest BCUT2D eigenvalue weighted by Crippen LogP contribution is 2.39. The molecule has 1 aliphatic rings. The lowest BCUT2D eigenvalue weighted by Gasteiger charge is -2.44. The lowest BCUT2D eigenvalue weighted by Crippen LogP contribution is -2.64. The van der Waals surface area contributed by atoms with Gasteiger partial charge < -0.3 is 14.8 Å². The number of carbonyl (C=O) groups excluding carboxylic acids is 2. The molecule has 1 heterocycles. The second-order valence-electron chi connectivity index (χ2n) is 9.46. The number of amides is 2. The Morgan fingerprint density at radius 2 is 2.00 bits per heavy atom. The van der Waals surface area contributed by atoms with Crippen LogP contribution >= 0.6 is 0 Å². The minimum absolute atomic E-state index is 0.151. The number of hydrogen-bond donors (Lipinski definition) is 1. The van der Waals surface area contributed by atoms with Gasteiger partial charge in [0.05, 0.1) is 23.8 Å². The first-order valence-electron chi connectivity index (χ1n) is 11.3. The molecule has 1 N–H and O–H groups in total. The Balaban J connectivity index is 3.57. The topological polar surface area (TPSA) is 91.7 Å². The fourth-order valence-electron chi connectivity index (χ4n) is 4.36. The zero-order valence-corrected chi connectivity index (χ0v) is 20.6. The van der Waals surface area contributed by atoms with Crippen LogP contribution in [0.15, 0.2) is 12.2 Å². The number of terminal acetylenes is 1. The van der Waals surface area contributed by atoms with Crippen molar-refractivity contribution in [3.05, 3.63) is 12.2 Å². The lowest BCUT2D eigenvalue weighted by molar-refractivity contribution is -0.127. The summed E-state index contributed by atoms with van der Waals surface area (Å²) in [6.07, 6.45) is 11.1. The van der Waals surface area contributed by atoms with E-state index >= 15 is 0 Å². The molecule has 0 aromatic carbocycles. The molecule has 0 radical (unpaired) electrons. The minimum atomic E-state index is -0.768. The number of hydrogen-bond acceptors (Lipinski definition) is 5. The number of methoxy groups -OCH3 is 1. The molecule has 0 bridgehead atoms. The SMILES string of the molecule is C#CCCC(=O)N[C@H]([C@H]1[C@H](/C=C\C)C[C@H](C#N)N1C(=O)OC(C)(C)C)[C@](C)(CCC)OC. The summed E-state index contributed by atoms with van der Waals surface area (Å²) in [6, 6.07) is 0.496. The molecule has 5 atom stereocenters. The van der Waals surface area contributed by atoms with Crippen LogP contribution in [-0.2, 0) is 14.3 Å². The summed E-state index contributed by atoms with van der Waals surface area (Å²) >= 11 is 0. The van der Waals surface area contributed by atoms with Crippen molar-refractivity contribution >= 4 is 12.0 Å². The van der Waals surface area contributed by atoms with E-state index in [1.54, 1.807) is 27.9 Å². The molecule has 1 aliphatic heterocycles. The van der Waals surface area contributed by atoms with Crippen LogP contribution in [0, 0.1) is 29.6 Å². The molecule has 0 saturated carbocycles. The molecule has 32 heavy (non-hydrogen) atoms. The Morgan fingerprint density at radius 1 is 1.34 bits per heavy atom. The van der Waals surface area contributed by atoms with E-state index in [0.717, 1.165) is 6.42 Å².